The molecule has 0 fully saturated rings. The maximum Gasteiger partial charge on any atom is 0.234 e. The lowest BCUT2D eigenvalue weighted by Gasteiger charge is -2.16. The molecule has 0 amide bonds. The van der Waals surface area contributed by atoms with Gasteiger partial charge in [0, 0.05) is 7.05 Å². The molecule has 1 aromatic heterocycles. The Labute approximate surface area is 117 Å². The Morgan fingerprint density at radius 2 is 1.60 bits per heavy atom. The molecule has 0 saturated carbocycles. The van der Waals surface area contributed by atoms with Gasteiger partial charge in [-0.3, -0.25) is 0 Å². The van der Waals surface area contributed by atoms with Gasteiger partial charge in [-0.15, -0.1) is 0 Å². The van der Waals surface area contributed by atoms with Crippen molar-refractivity contribution in [1.82, 2.24) is 4.98 Å². The molecule has 2 nitrogen and oxygen atoms in total. The summed E-state index contributed by atoms with van der Waals surface area (Å²) in [5, 5.41) is 3.09. The average Bonchev–Trinajstić information content (AvgIpc) is 2.10. The van der Waals surface area contributed by atoms with E-state index in [4.69, 9.17) is 69.6 Å². The van der Waals surface area contributed by atoms with E-state index in [1.807, 2.05) is 0 Å². The van der Waals surface area contributed by atoms with E-state index in [1.54, 1.807) is 7.05 Å². The van der Waals surface area contributed by atoms with Crippen molar-refractivity contribution in [2.75, 3.05) is 12.4 Å². The number of alkyl halides is 3. The molecule has 0 unspecified atom stereocenters. The second-order valence-electron chi connectivity index (χ2n) is 2.50. The minimum absolute atomic E-state index is 0.0201. The fraction of sp³-hybridized carbons (Fsp3) is 0.286. The van der Waals surface area contributed by atoms with Crippen LogP contribution in [-0.2, 0) is 3.79 Å². The number of aromatic nitrogens is 1. The first-order valence-corrected chi connectivity index (χ1v) is 5.85. The van der Waals surface area contributed by atoms with Crippen LogP contribution in [0.1, 0.15) is 5.69 Å². The van der Waals surface area contributed by atoms with Gasteiger partial charge in [0.15, 0.2) is 0 Å². The van der Waals surface area contributed by atoms with E-state index in [9.17, 15) is 0 Å². The Kier molecular flexibility index (Phi) is 4.50. The predicted octanol–water partition coefficient (Wildman–Crippen LogP) is 4.91. The van der Waals surface area contributed by atoms with Gasteiger partial charge in [0.05, 0.1) is 10.7 Å². The van der Waals surface area contributed by atoms with E-state index in [0.29, 0.717) is 5.69 Å². The highest BCUT2D eigenvalue weighted by atomic mass is 35.6. The highest BCUT2D eigenvalue weighted by molar-refractivity contribution is 6.67. The Bertz CT molecular complexity index is 386. The first-order chi connectivity index (χ1) is 6.79. The number of nitrogens with zero attached hydrogens (tertiary/aromatic N) is 1. The molecule has 0 aromatic carbocycles. The van der Waals surface area contributed by atoms with Crippen molar-refractivity contribution in [3.05, 3.63) is 20.9 Å². The zero-order chi connectivity index (χ0) is 11.8. The second-order valence-corrected chi connectivity index (χ2v) is 5.90. The molecule has 1 aromatic rings. The molecule has 1 N–H and O–H groups in total. The lowest BCUT2D eigenvalue weighted by atomic mass is 10.3. The van der Waals surface area contributed by atoms with Crippen molar-refractivity contribution in [3.63, 3.8) is 0 Å². The van der Waals surface area contributed by atoms with E-state index in [1.165, 1.54) is 0 Å². The number of hydrogen-bond acceptors (Lipinski definition) is 2. The quantitative estimate of drug-likeness (QED) is 0.585. The molecule has 1 heterocycles. The van der Waals surface area contributed by atoms with Gasteiger partial charge >= 0.3 is 0 Å². The van der Waals surface area contributed by atoms with Crippen LogP contribution >= 0.6 is 69.6 Å². The van der Waals surface area contributed by atoms with Gasteiger partial charge in [-0.25, -0.2) is 4.98 Å². The van der Waals surface area contributed by atoms with E-state index in [2.05, 4.69) is 10.3 Å². The largest absolute Gasteiger partial charge is 0.386 e. The smallest absolute Gasteiger partial charge is 0.234 e. The molecular formula is C7H4Cl6N2. The minimum atomic E-state index is -1.75. The predicted molar refractivity (Wildman–Crippen MR) is 68.1 cm³/mol. The standard InChI is InChI=1S/C7H4Cl6N2/c1-14-4-2(8)5(7(11,12)13)15-6(10)3(4)9/h1H3,(H,14,15). The summed E-state index contributed by atoms with van der Waals surface area (Å²) in [6, 6.07) is 0. The van der Waals surface area contributed by atoms with Crippen LogP contribution in [0.2, 0.25) is 15.2 Å². The van der Waals surface area contributed by atoms with Crippen molar-refractivity contribution in [3.8, 4) is 0 Å². The number of nitrogens with one attached hydrogen (secondary N) is 1. The first-order valence-electron chi connectivity index (χ1n) is 3.58. The summed E-state index contributed by atoms with van der Waals surface area (Å²) in [5.74, 6) is 0. The molecule has 15 heavy (non-hydrogen) atoms. The van der Waals surface area contributed by atoms with E-state index in [0.717, 1.165) is 0 Å². The summed E-state index contributed by atoms with van der Waals surface area (Å²) < 4.78 is -1.75. The summed E-state index contributed by atoms with van der Waals surface area (Å²) in [7, 11) is 1.62. The fourth-order valence-corrected chi connectivity index (χ4v) is 2.31. The van der Waals surface area contributed by atoms with Gasteiger partial charge < -0.3 is 5.32 Å². The van der Waals surface area contributed by atoms with Crippen LogP contribution in [0, 0.1) is 0 Å². The Morgan fingerprint density at radius 3 is 2.00 bits per heavy atom. The number of rotatable bonds is 1. The normalized spacial score (nSPS) is 11.7. The minimum Gasteiger partial charge on any atom is -0.386 e. The maximum absolute atomic E-state index is 5.95. The lowest BCUT2D eigenvalue weighted by Crippen LogP contribution is -2.07. The summed E-state index contributed by atoms with van der Waals surface area (Å²) >= 11 is 34.6. The Balaban J connectivity index is 3.51. The summed E-state index contributed by atoms with van der Waals surface area (Å²) in [6.07, 6.45) is 0. The second kappa shape index (κ2) is 4.91. The highest BCUT2D eigenvalue weighted by Crippen LogP contribution is 2.46. The SMILES string of the molecule is CNc1c(Cl)c(Cl)nc(C(Cl)(Cl)Cl)c1Cl. The van der Waals surface area contributed by atoms with Crippen LogP contribution < -0.4 is 5.32 Å². The maximum atomic E-state index is 5.95. The van der Waals surface area contributed by atoms with E-state index < -0.39 is 3.79 Å². The first kappa shape index (κ1) is 13.8. The van der Waals surface area contributed by atoms with Gasteiger partial charge in [0.25, 0.3) is 0 Å². The molecule has 0 aliphatic heterocycles. The molecule has 0 aliphatic carbocycles. The molecule has 84 valence electrons. The summed E-state index contributed by atoms with van der Waals surface area (Å²) in [6.45, 7) is 0. The Hall–Kier alpha value is 0.690. The van der Waals surface area contributed by atoms with Crippen molar-refractivity contribution in [2.24, 2.45) is 0 Å². The van der Waals surface area contributed by atoms with E-state index in [-0.39, 0.29) is 20.9 Å². The van der Waals surface area contributed by atoms with Crippen molar-refractivity contribution in [2.45, 2.75) is 3.79 Å². The van der Waals surface area contributed by atoms with Crippen LogP contribution in [0.15, 0.2) is 0 Å². The van der Waals surface area contributed by atoms with Gasteiger partial charge in [0.1, 0.15) is 15.9 Å². The zero-order valence-corrected chi connectivity index (χ0v) is 11.8. The van der Waals surface area contributed by atoms with Crippen LogP contribution in [-0.4, -0.2) is 12.0 Å². The molecule has 0 radical (unpaired) electrons. The van der Waals surface area contributed by atoms with Crippen LogP contribution in [0.5, 0.6) is 0 Å². The molecular weight excluding hydrogens is 325 g/mol. The number of hydrogen-bond donors (Lipinski definition) is 1. The molecule has 8 heteroatoms. The van der Waals surface area contributed by atoms with Crippen molar-refractivity contribution >= 4 is 75.3 Å². The van der Waals surface area contributed by atoms with Crippen molar-refractivity contribution < 1.29 is 0 Å². The van der Waals surface area contributed by atoms with Gasteiger partial charge in [0.2, 0.25) is 3.79 Å². The summed E-state index contributed by atoms with van der Waals surface area (Å²) in [5.41, 5.74) is 0.410. The van der Waals surface area contributed by atoms with Crippen LogP contribution in [0.4, 0.5) is 5.69 Å². The molecule has 0 aliphatic rings. The third kappa shape index (κ3) is 2.87. The Morgan fingerprint density at radius 1 is 1.07 bits per heavy atom. The molecule has 0 atom stereocenters. The number of halogens is 6. The number of pyridine rings is 1. The zero-order valence-electron chi connectivity index (χ0n) is 7.22. The molecule has 0 bridgehead atoms. The van der Waals surface area contributed by atoms with Gasteiger partial charge in [-0.2, -0.15) is 0 Å². The molecule has 1 rings (SSSR count). The third-order valence-electron chi connectivity index (χ3n) is 1.56. The number of anilines is 1. The monoisotopic (exact) mass is 326 g/mol. The van der Waals surface area contributed by atoms with Gasteiger partial charge in [-0.05, 0) is 0 Å². The van der Waals surface area contributed by atoms with Crippen molar-refractivity contribution in [1.29, 1.82) is 0 Å². The summed E-state index contributed by atoms with van der Waals surface area (Å²) in [4.78, 5) is 3.82. The molecule has 0 spiro atoms. The van der Waals surface area contributed by atoms with Gasteiger partial charge in [-0.1, -0.05) is 69.6 Å². The molecule has 0 saturated heterocycles. The average molecular weight is 329 g/mol. The fourth-order valence-electron chi connectivity index (χ4n) is 0.922. The van der Waals surface area contributed by atoms with Crippen LogP contribution in [0.3, 0.4) is 0 Å². The lowest BCUT2D eigenvalue weighted by molar-refractivity contribution is 1.09. The third-order valence-corrected chi connectivity index (χ3v) is 3.20. The van der Waals surface area contributed by atoms with Crippen LogP contribution in [0.25, 0.3) is 0 Å². The topological polar surface area (TPSA) is 24.9 Å². The van der Waals surface area contributed by atoms with E-state index >= 15 is 0 Å². The highest BCUT2D eigenvalue weighted by Gasteiger charge is 2.31.